The second kappa shape index (κ2) is 6.95. The fourth-order valence-corrected chi connectivity index (χ4v) is 3.11. The zero-order valence-corrected chi connectivity index (χ0v) is 14.1. The lowest BCUT2D eigenvalue weighted by molar-refractivity contribution is -0.127. The maximum absolute atomic E-state index is 12.5. The van der Waals surface area contributed by atoms with E-state index in [1.165, 1.54) is 0 Å². The molecule has 2 aromatic rings. The van der Waals surface area contributed by atoms with E-state index in [0.717, 1.165) is 24.8 Å². The summed E-state index contributed by atoms with van der Waals surface area (Å²) in [5.41, 5.74) is 1.21. The number of methoxy groups -OCH3 is 1. The van der Waals surface area contributed by atoms with Crippen molar-refractivity contribution in [3.63, 3.8) is 0 Å². The molecule has 0 unspecified atom stereocenters. The molecule has 1 aliphatic rings. The smallest absolute Gasteiger partial charge is 0.255 e. The van der Waals surface area contributed by atoms with Gasteiger partial charge in [0.1, 0.15) is 17.1 Å². The standard InChI is InChI=1S/C18H22N2O4/c1-12-17(14-11-13(23-2)6-7-15(14)24-12)18(22)19-8-4-10-20-9-3-5-16(20)21/h6-7,11H,3-5,8-10H2,1-2H3,(H,19,22). The summed E-state index contributed by atoms with van der Waals surface area (Å²) in [6.07, 6.45) is 2.33. The number of furan rings is 1. The Kier molecular flexibility index (Phi) is 4.74. The topological polar surface area (TPSA) is 71.8 Å². The predicted molar refractivity (Wildman–Crippen MR) is 90.3 cm³/mol. The van der Waals surface area contributed by atoms with Gasteiger partial charge < -0.3 is 19.4 Å². The van der Waals surface area contributed by atoms with Crippen LogP contribution in [0.4, 0.5) is 0 Å². The first kappa shape index (κ1) is 16.4. The summed E-state index contributed by atoms with van der Waals surface area (Å²) in [5, 5.41) is 3.67. The number of fused-ring (bicyclic) bond motifs is 1. The highest BCUT2D eigenvalue weighted by Crippen LogP contribution is 2.28. The Balaban J connectivity index is 1.63. The summed E-state index contributed by atoms with van der Waals surface area (Å²) < 4.78 is 10.9. The van der Waals surface area contributed by atoms with Crippen molar-refractivity contribution >= 4 is 22.8 Å². The molecule has 1 aliphatic heterocycles. The minimum absolute atomic E-state index is 0.160. The quantitative estimate of drug-likeness (QED) is 0.826. The monoisotopic (exact) mass is 330 g/mol. The van der Waals surface area contributed by atoms with Gasteiger partial charge in [0.15, 0.2) is 0 Å². The van der Waals surface area contributed by atoms with E-state index in [0.29, 0.717) is 42.2 Å². The van der Waals surface area contributed by atoms with Crippen molar-refractivity contribution in [2.45, 2.75) is 26.2 Å². The van der Waals surface area contributed by atoms with Gasteiger partial charge in [-0.05, 0) is 38.0 Å². The molecule has 2 heterocycles. The lowest BCUT2D eigenvalue weighted by atomic mass is 10.1. The Hall–Kier alpha value is -2.50. The molecule has 1 aromatic heterocycles. The van der Waals surface area contributed by atoms with Gasteiger partial charge in [-0.2, -0.15) is 0 Å². The Labute approximate surface area is 140 Å². The van der Waals surface area contributed by atoms with E-state index >= 15 is 0 Å². The summed E-state index contributed by atoms with van der Waals surface area (Å²) in [6, 6.07) is 5.42. The molecule has 0 radical (unpaired) electrons. The lowest BCUT2D eigenvalue weighted by Crippen LogP contribution is -2.30. The molecule has 1 aromatic carbocycles. The molecule has 0 spiro atoms. The van der Waals surface area contributed by atoms with Crippen molar-refractivity contribution in [3.8, 4) is 5.75 Å². The van der Waals surface area contributed by atoms with E-state index in [9.17, 15) is 9.59 Å². The number of hydrogen-bond acceptors (Lipinski definition) is 4. The first-order valence-corrected chi connectivity index (χ1v) is 8.23. The van der Waals surface area contributed by atoms with Crippen molar-refractivity contribution in [3.05, 3.63) is 29.5 Å². The molecule has 0 atom stereocenters. The highest BCUT2D eigenvalue weighted by molar-refractivity contribution is 6.07. The summed E-state index contributed by atoms with van der Waals surface area (Å²) in [7, 11) is 1.59. The molecule has 0 saturated carbocycles. The van der Waals surface area contributed by atoms with Crippen LogP contribution in [0.25, 0.3) is 11.0 Å². The zero-order valence-electron chi connectivity index (χ0n) is 14.1. The third kappa shape index (κ3) is 3.22. The molecule has 1 N–H and O–H groups in total. The largest absolute Gasteiger partial charge is 0.497 e. The Morgan fingerprint density at radius 1 is 1.42 bits per heavy atom. The minimum atomic E-state index is -0.160. The highest BCUT2D eigenvalue weighted by Gasteiger charge is 2.20. The first-order chi connectivity index (χ1) is 11.6. The molecule has 3 rings (SSSR count). The van der Waals surface area contributed by atoms with E-state index in [1.54, 1.807) is 26.2 Å². The molecular formula is C18H22N2O4. The predicted octanol–water partition coefficient (Wildman–Crippen LogP) is 2.49. The minimum Gasteiger partial charge on any atom is -0.497 e. The maximum Gasteiger partial charge on any atom is 0.255 e. The number of benzene rings is 1. The number of carbonyl (C=O) groups is 2. The van der Waals surface area contributed by atoms with Crippen molar-refractivity contribution in [1.82, 2.24) is 10.2 Å². The normalized spacial score (nSPS) is 14.4. The van der Waals surface area contributed by atoms with Gasteiger partial charge in [0.05, 0.1) is 12.7 Å². The second-order valence-electron chi connectivity index (χ2n) is 5.99. The number of likely N-dealkylation sites (tertiary alicyclic amines) is 1. The number of rotatable bonds is 6. The first-order valence-electron chi connectivity index (χ1n) is 8.23. The van der Waals surface area contributed by atoms with Crippen LogP contribution >= 0.6 is 0 Å². The summed E-state index contributed by atoms with van der Waals surface area (Å²) in [5.74, 6) is 1.33. The van der Waals surface area contributed by atoms with Crippen LogP contribution in [0, 0.1) is 6.92 Å². The number of carbonyl (C=O) groups excluding carboxylic acids is 2. The van der Waals surface area contributed by atoms with Crippen molar-refractivity contribution < 1.29 is 18.7 Å². The molecule has 2 amide bonds. The van der Waals surface area contributed by atoms with E-state index in [1.807, 2.05) is 11.0 Å². The Morgan fingerprint density at radius 2 is 2.25 bits per heavy atom. The number of nitrogens with one attached hydrogen (secondary N) is 1. The van der Waals surface area contributed by atoms with Crippen LogP contribution in [0.3, 0.4) is 0 Å². The molecule has 0 bridgehead atoms. The van der Waals surface area contributed by atoms with Crippen LogP contribution in [0.15, 0.2) is 22.6 Å². The molecular weight excluding hydrogens is 308 g/mol. The lowest BCUT2D eigenvalue weighted by Gasteiger charge is -2.15. The second-order valence-corrected chi connectivity index (χ2v) is 5.99. The number of ether oxygens (including phenoxy) is 1. The van der Waals surface area contributed by atoms with Gasteiger partial charge in [0.25, 0.3) is 5.91 Å². The zero-order chi connectivity index (χ0) is 17.1. The summed E-state index contributed by atoms with van der Waals surface area (Å²) >= 11 is 0. The number of aryl methyl sites for hydroxylation is 1. The molecule has 6 heteroatoms. The van der Waals surface area contributed by atoms with Gasteiger partial charge in [0.2, 0.25) is 5.91 Å². The SMILES string of the molecule is COc1ccc2oc(C)c(C(=O)NCCCN3CCCC3=O)c2c1. The van der Waals surface area contributed by atoms with Crippen LogP contribution in [-0.4, -0.2) is 43.5 Å². The van der Waals surface area contributed by atoms with E-state index < -0.39 is 0 Å². The Bertz CT molecular complexity index is 766. The number of hydrogen-bond donors (Lipinski definition) is 1. The van der Waals surface area contributed by atoms with Crippen LogP contribution in [0.5, 0.6) is 5.75 Å². The van der Waals surface area contributed by atoms with Crippen molar-refractivity contribution in [1.29, 1.82) is 0 Å². The average molecular weight is 330 g/mol. The van der Waals surface area contributed by atoms with Gasteiger partial charge in [0, 0.05) is 31.4 Å². The van der Waals surface area contributed by atoms with E-state index in [2.05, 4.69) is 5.32 Å². The van der Waals surface area contributed by atoms with Gasteiger partial charge in [-0.15, -0.1) is 0 Å². The average Bonchev–Trinajstić information content (AvgIpc) is 3.12. The molecule has 6 nitrogen and oxygen atoms in total. The van der Waals surface area contributed by atoms with Crippen LogP contribution < -0.4 is 10.1 Å². The van der Waals surface area contributed by atoms with Crippen LogP contribution in [-0.2, 0) is 4.79 Å². The van der Waals surface area contributed by atoms with Gasteiger partial charge in [-0.1, -0.05) is 0 Å². The third-order valence-electron chi connectivity index (χ3n) is 4.36. The number of nitrogens with zero attached hydrogens (tertiary/aromatic N) is 1. The van der Waals surface area contributed by atoms with E-state index in [-0.39, 0.29) is 11.8 Å². The maximum atomic E-state index is 12.5. The van der Waals surface area contributed by atoms with Gasteiger partial charge in [-0.25, -0.2) is 0 Å². The third-order valence-corrected chi connectivity index (χ3v) is 4.36. The van der Waals surface area contributed by atoms with Crippen LogP contribution in [0.2, 0.25) is 0 Å². The molecule has 1 fully saturated rings. The van der Waals surface area contributed by atoms with Gasteiger partial charge in [-0.3, -0.25) is 9.59 Å². The fraction of sp³-hybridized carbons (Fsp3) is 0.444. The van der Waals surface area contributed by atoms with Gasteiger partial charge >= 0.3 is 0 Å². The fourth-order valence-electron chi connectivity index (χ4n) is 3.11. The molecule has 1 saturated heterocycles. The summed E-state index contributed by atoms with van der Waals surface area (Å²) in [6.45, 7) is 3.83. The van der Waals surface area contributed by atoms with E-state index in [4.69, 9.17) is 9.15 Å². The Morgan fingerprint density at radius 3 is 2.96 bits per heavy atom. The molecule has 128 valence electrons. The number of amides is 2. The molecule has 24 heavy (non-hydrogen) atoms. The highest BCUT2D eigenvalue weighted by atomic mass is 16.5. The van der Waals surface area contributed by atoms with Crippen LogP contribution in [0.1, 0.15) is 35.4 Å². The van der Waals surface area contributed by atoms with Crippen molar-refractivity contribution in [2.75, 3.05) is 26.7 Å². The summed E-state index contributed by atoms with van der Waals surface area (Å²) in [4.78, 5) is 25.9. The van der Waals surface area contributed by atoms with Crippen molar-refractivity contribution in [2.24, 2.45) is 0 Å². The molecule has 0 aliphatic carbocycles.